The normalized spacial score (nSPS) is 21.7. The van der Waals surface area contributed by atoms with Gasteiger partial charge in [0.05, 0.1) is 157 Å². The van der Waals surface area contributed by atoms with Crippen LogP contribution in [0.4, 0.5) is 10.6 Å². The monoisotopic (exact) mass is 1030 g/mol. The van der Waals surface area contributed by atoms with E-state index in [4.69, 9.17) is 62.6 Å². The van der Waals surface area contributed by atoms with E-state index in [1.165, 1.54) is 17.2 Å². The zero-order chi connectivity index (χ0) is 50.1. The highest BCUT2D eigenvalue weighted by atomic mass is 32.2. The highest BCUT2D eigenvalue weighted by molar-refractivity contribution is 8.00. The van der Waals surface area contributed by atoms with E-state index in [-0.39, 0.29) is 49.6 Å². The zero-order valence-corrected chi connectivity index (χ0v) is 41.3. The molecule has 3 saturated heterocycles. The van der Waals surface area contributed by atoms with Crippen molar-refractivity contribution in [2.75, 3.05) is 170 Å². The summed E-state index contributed by atoms with van der Waals surface area (Å²) < 4.78 is 68.1. The standard InChI is InChI=1S/C44H75N9O17S/c45-41-38-42(49-30-48-41)53(31-50-38)43-40(39(57)33(27-54)70-43)69-28-36(56)47-6-8-60-10-12-62-14-16-64-18-20-66-22-24-68-26-25-67-23-21-65-19-17-63-15-13-61-11-9-59-7-5-46-35(55)4-2-1-3-34-37-32(29-71-34)51-44(58)52-37/h30-34,37,39-40,43,54,57H,1-29H2,(H,46,55)(H,47,56)(H2,45,48,49)(H2,51,52,58)/t32-,33+,34-,37-,39+,40+,43+/m0/s1. The molecule has 71 heavy (non-hydrogen) atoms. The van der Waals surface area contributed by atoms with Gasteiger partial charge in [0.15, 0.2) is 17.7 Å². The number of aliphatic hydroxyl groups is 2. The molecule has 3 aliphatic heterocycles. The second-order valence-corrected chi connectivity index (χ2v) is 17.6. The molecule has 3 aliphatic rings. The van der Waals surface area contributed by atoms with Crippen LogP contribution in [0.1, 0.15) is 31.9 Å². The van der Waals surface area contributed by atoms with Crippen molar-refractivity contribution < 1.29 is 81.4 Å². The zero-order valence-electron chi connectivity index (χ0n) is 40.5. The fourth-order valence-corrected chi connectivity index (χ4v) is 9.06. The van der Waals surface area contributed by atoms with Gasteiger partial charge in [0, 0.05) is 30.5 Å². The molecule has 0 aromatic carbocycles. The van der Waals surface area contributed by atoms with E-state index in [9.17, 15) is 24.6 Å². The summed E-state index contributed by atoms with van der Waals surface area (Å²) >= 11 is 1.89. The average molecular weight is 1030 g/mol. The number of carbonyl (C=O) groups is 3. The van der Waals surface area contributed by atoms with Gasteiger partial charge < -0.3 is 94.1 Å². The van der Waals surface area contributed by atoms with E-state index < -0.39 is 37.1 Å². The van der Waals surface area contributed by atoms with Crippen molar-refractivity contribution in [3.8, 4) is 0 Å². The first-order chi connectivity index (χ1) is 34.9. The molecule has 3 fully saturated rings. The van der Waals surface area contributed by atoms with Crippen LogP contribution in [-0.2, 0) is 66.4 Å². The minimum Gasteiger partial charge on any atom is -0.394 e. The summed E-state index contributed by atoms with van der Waals surface area (Å²) in [6.07, 6.45) is 1.93. The van der Waals surface area contributed by atoms with Crippen molar-refractivity contribution in [1.29, 1.82) is 0 Å². The molecule has 4 amide bonds. The number of amides is 4. The number of rotatable bonds is 43. The maximum atomic E-state index is 12.4. The summed E-state index contributed by atoms with van der Waals surface area (Å²) in [5, 5.41) is 32.3. The number of nitrogens with two attached hydrogens (primary N) is 1. The smallest absolute Gasteiger partial charge is 0.315 e. The highest BCUT2D eigenvalue weighted by Gasteiger charge is 2.46. The van der Waals surface area contributed by atoms with E-state index in [0.29, 0.717) is 155 Å². The van der Waals surface area contributed by atoms with E-state index in [0.717, 1.165) is 25.0 Å². The maximum absolute atomic E-state index is 12.4. The molecule has 27 heteroatoms. The molecular formula is C44H75N9O17S. The first kappa shape index (κ1) is 58.2. The van der Waals surface area contributed by atoms with Gasteiger partial charge in [-0.15, -0.1) is 0 Å². The van der Waals surface area contributed by atoms with Crippen molar-refractivity contribution in [2.45, 2.75) is 67.6 Å². The number of nitrogens with one attached hydrogen (secondary N) is 4. The number of hydrogen-bond donors (Lipinski definition) is 7. The van der Waals surface area contributed by atoms with Gasteiger partial charge in [0.25, 0.3) is 0 Å². The van der Waals surface area contributed by atoms with Crippen LogP contribution in [0.15, 0.2) is 12.7 Å². The van der Waals surface area contributed by atoms with E-state index in [1.54, 1.807) is 0 Å². The first-order valence-electron chi connectivity index (χ1n) is 24.3. The topological polar surface area (TPSA) is 320 Å². The van der Waals surface area contributed by atoms with Crippen molar-refractivity contribution in [3.05, 3.63) is 12.7 Å². The fourth-order valence-electron chi connectivity index (χ4n) is 7.52. The predicted molar refractivity (Wildman–Crippen MR) is 255 cm³/mol. The molecule has 0 spiro atoms. The lowest BCUT2D eigenvalue weighted by atomic mass is 10.0. The van der Waals surface area contributed by atoms with Crippen LogP contribution in [0.2, 0.25) is 0 Å². The Labute approximate surface area is 418 Å². The molecule has 0 unspecified atom stereocenters. The lowest BCUT2D eigenvalue weighted by molar-refractivity contribution is -0.133. The van der Waals surface area contributed by atoms with Crippen LogP contribution in [0.3, 0.4) is 0 Å². The number of thioether (sulfide) groups is 1. The van der Waals surface area contributed by atoms with Crippen molar-refractivity contribution in [3.63, 3.8) is 0 Å². The van der Waals surface area contributed by atoms with Gasteiger partial charge in [-0.25, -0.2) is 19.7 Å². The number of anilines is 1. The number of unbranched alkanes of at least 4 members (excludes halogenated alkanes) is 1. The van der Waals surface area contributed by atoms with Gasteiger partial charge in [0.2, 0.25) is 11.8 Å². The van der Waals surface area contributed by atoms with Gasteiger partial charge in [-0.05, 0) is 12.8 Å². The summed E-state index contributed by atoms with van der Waals surface area (Å²) in [7, 11) is 0. The van der Waals surface area contributed by atoms with Crippen molar-refractivity contribution in [2.24, 2.45) is 0 Å². The number of nitrogens with zero attached hydrogens (tertiary/aromatic N) is 4. The summed E-state index contributed by atoms with van der Waals surface area (Å²) in [5.74, 6) is 0.735. The van der Waals surface area contributed by atoms with E-state index in [2.05, 4.69) is 36.2 Å². The Morgan fingerprint density at radius 1 is 0.718 bits per heavy atom. The SMILES string of the molecule is Nc1ncnc2c1ncn2[C@@H]1O[C@H](CO)[C@@H](O)[C@H]1OCC(=O)NCCOCCOCCOCCOCCOCCOCCOCCOCCOCCOCCNC(=O)CCCC[C@@H]1SC[C@@H]2NC(=O)N[C@@H]21. The number of fused-ring (bicyclic) bond motifs is 2. The minimum absolute atomic E-state index is 0.0315. The molecule has 8 N–H and O–H groups in total. The van der Waals surface area contributed by atoms with Gasteiger partial charge in [-0.1, -0.05) is 6.42 Å². The molecule has 5 heterocycles. The maximum Gasteiger partial charge on any atom is 0.315 e. The average Bonchev–Trinajstić information content (AvgIpc) is 4.15. The second kappa shape index (κ2) is 35.5. The summed E-state index contributed by atoms with van der Waals surface area (Å²) in [6.45, 7) is 8.41. The van der Waals surface area contributed by atoms with Gasteiger partial charge >= 0.3 is 6.03 Å². The number of hydrogen-bond acceptors (Lipinski definition) is 22. The number of urea groups is 1. The molecule has 0 saturated carbocycles. The quantitative estimate of drug-likeness (QED) is 0.0284. The number of nitrogen functional groups attached to an aromatic ring is 1. The van der Waals surface area contributed by atoms with E-state index >= 15 is 0 Å². The molecule has 404 valence electrons. The van der Waals surface area contributed by atoms with Crippen molar-refractivity contribution in [1.82, 2.24) is 40.8 Å². The molecule has 2 aromatic rings. The highest BCUT2D eigenvalue weighted by Crippen LogP contribution is 2.34. The molecule has 0 bridgehead atoms. The van der Waals surface area contributed by atoms with Gasteiger partial charge in [0.1, 0.15) is 36.8 Å². The number of ether oxygens (including phenoxy) is 12. The molecule has 7 atom stereocenters. The summed E-state index contributed by atoms with van der Waals surface area (Å²) in [5.41, 5.74) is 6.58. The fraction of sp³-hybridized carbons (Fsp3) is 0.818. The van der Waals surface area contributed by atoms with E-state index in [1.807, 2.05) is 11.8 Å². The van der Waals surface area contributed by atoms with Gasteiger partial charge in [-0.3, -0.25) is 14.2 Å². The number of carbonyl (C=O) groups excluding carboxylic acids is 3. The molecule has 26 nitrogen and oxygen atoms in total. The Balaban J connectivity index is 0.673. The molecule has 0 radical (unpaired) electrons. The molecule has 5 rings (SSSR count). The van der Waals surface area contributed by atoms with Crippen molar-refractivity contribution >= 4 is 46.6 Å². The van der Waals surface area contributed by atoms with Crippen LogP contribution in [0.25, 0.3) is 11.2 Å². The Hall–Kier alpha value is -3.65. The molecular weight excluding hydrogens is 959 g/mol. The molecule has 0 aliphatic carbocycles. The third kappa shape index (κ3) is 22.2. The lowest BCUT2D eigenvalue weighted by Crippen LogP contribution is -2.39. The minimum atomic E-state index is -1.21. The first-order valence-corrected chi connectivity index (χ1v) is 25.4. The Bertz CT molecular complexity index is 1780. The Morgan fingerprint density at radius 3 is 1.75 bits per heavy atom. The van der Waals surface area contributed by atoms with Gasteiger partial charge in [-0.2, -0.15) is 11.8 Å². The summed E-state index contributed by atoms with van der Waals surface area (Å²) in [6, 6.07) is 0.376. The number of imidazole rings is 1. The van der Waals surface area contributed by atoms with Crippen LogP contribution in [-0.4, -0.2) is 247 Å². The van der Waals surface area contributed by atoms with Crippen LogP contribution in [0.5, 0.6) is 0 Å². The third-order valence-electron chi connectivity index (χ3n) is 11.1. The number of aromatic nitrogens is 4. The predicted octanol–water partition coefficient (Wildman–Crippen LogP) is -1.83. The molecule has 2 aromatic heterocycles. The Kier molecular flexibility index (Phi) is 29.1. The largest absolute Gasteiger partial charge is 0.394 e. The van der Waals surface area contributed by atoms with Crippen LogP contribution < -0.4 is 27.0 Å². The summed E-state index contributed by atoms with van der Waals surface area (Å²) in [4.78, 5) is 48.3. The Morgan fingerprint density at radius 2 is 1.23 bits per heavy atom. The third-order valence-corrected chi connectivity index (χ3v) is 12.6. The number of aliphatic hydroxyl groups excluding tert-OH is 2. The van der Waals surface area contributed by atoms with Crippen LogP contribution in [0, 0.1) is 0 Å². The second-order valence-electron chi connectivity index (χ2n) is 16.3. The van der Waals surface area contributed by atoms with Crippen LogP contribution >= 0.6 is 11.8 Å². The lowest BCUT2D eigenvalue weighted by Gasteiger charge is -2.21.